The maximum atomic E-state index is 9.30. The van der Waals surface area contributed by atoms with Crippen molar-refractivity contribution in [2.75, 3.05) is 24.6 Å². The molecule has 1 aromatic carbocycles. The molecule has 0 spiro atoms. The normalized spacial score (nSPS) is 11.6. The van der Waals surface area contributed by atoms with Crippen molar-refractivity contribution in [3.63, 3.8) is 0 Å². The van der Waals surface area contributed by atoms with E-state index in [-0.39, 0.29) is 12.1 Å². The van der Waals surface area contributed by atoms with Crippen LogP contribution in [0.2, 0.25) is 0 Å². The Hall–Kier alpha value is -1.48. The molecule has 1 aromatic rings. The van der Waals surface area contributed by atoms with Gasteiger partial charge in [0.1, 0.15) is 11.0 Å². The van der Waals surface area contributed by atoms with E-state index in [0.717, 1.165) is 24.6 Å². The highest BCUT2D eigenvalue weighted by atomic mass is 32.2. The van der Waals surface area contributed by atoms with Crippen LogP contribution in [-0.4, -0.2) is 30.3 Å². The van der Waals surface area contributed by atoms with Crippen molar-refractivity contribution in [3.05, 3.63) is 34.7 Å². The molecule has 0 saturated carbocycles. The fourth-order valence-corrected chi connectivity index (χ4v) is 2.86. The number of allylic oxidation sites excluding steroid dienone is 1. The van der Waals surface area contributed by atoms with Gasteiger partial charge in [0.15, 0.2) is 0 Å². The first-order chi connectivity index (χ1) is 12.7. The number of rotatable bonds is 9. The predicted octanol–water partition coefficient (Wildman–Crippen LogP) is 5.46. The minimum Gasteiger partial charge on any atom is -0.396 e. The Morgan fingerprint density at radius 1 is 1.22 bits per heavy atom. The number of anilines is 1. The molecule has 27 heavy (non-hydrogen) atoms. The van der Waals surface area contributed by atoms with Gasteiger partial charge in [-0.3, -0.25) is 4.72 Å². The zero-order valence-corrected chi connectivity index (χ0v) is 18.9. The van der Waals surface area contributed by atoms with E-state index >= 15 is 0 Å². The Labute approximate surface area is 170 Å². The molecule has 0 unspecified atom stereocenters. The van der Waals surface area contributed by atoms with Crippen molar-refractivity contribution in [3.8, 4) is 6.07 Å². The van der Waals surface area contributed by atoms with E-state index < -0.39 is 0 Å². The first-order valence-corrected chi connectivity index (χ1v) is 10.5. The molecule has 4 nitrogen and oxygen atoms in total. The summed E-state index contributed by atoms with van der Waals surface area (Å²) in [7, 11) is 0. The number of nitrogens with zero attached hydrogens (tertiary/aromatic N) is 2. The van der Waals surface area contributed by atoms with Crippen molar-refractivity contribution < 1.29 is 5.11 Å². The Balaban J connectivity index is 0.00000153. The maximum Gasteiger partial charge on any atom is 0.107 e. The minimum atomic E-state index is -0.220. The molecule has 0 radical (unpaired) electrons. The van der Waals surface area contributed by atoms with E-state index in [4.69, 9.17) is 5.11 Å². The van der Waals surface area contributed by atoms with E-state index in [1.807, 2.05) is 32.1 Å². The van der Waals surface area contributed by atoms with Gasteiger partial charge in [-0.2, -0.15) is 5.26 Å². The minimum absolute atomic E-state index is 0.124. The SMILES string of the molecule is CC(C)C.CCN(CC)c1ccc(/C=C(\C#N)SNC(C)(C)CCO)cc1. The van der Waals surface area contributed by atoms with Crippen LogP contribution < -0.4 is 9.62 Å². The fraction of sp³-hybridized carbons (Fsp3) is 0.591. The summed E-state index contributed by atoms with van der Waals surface area (Å²) in [6, 6.07) is 10.4. The van der Waals surface area contributed by atoms with E-state index in [9.17, 15) is 5.26 Å². The molecule has 0 aliphatic carbocycles. The van der Waals surface area contributed by atoms with Gasteiger partial charge in [-0.15, -0.1) is 0 Å². The van der Waals surface area contributed by atoms with Gasteiger partial charge in [-0.1, -0.05) is 32.9 Å². The fourth-order valence-electron chi connectivity index (χ4n) is 2.13. The summed E-state index contributed by atoms with van der Waals surface area (Å²) < 4.78 is 3.24. The lowest BCUT2D eigenvalue weighted by atomic mass is 10.0. The van der Waals surface area contributed by atoms with Gasteiger partial charge in [-0.25, -0.2) is 0 Å². The third kappa shape index (κ3) is 11.8. The average molecular weight is 392 g/mol. The summed E-state index contributed by atoms with van der Waals surface area (Å²) in [6.07, 6.45) is 2.51. The van der Waals surface area contributed by atoms with Crippen molar-refractivity contribution in [1.82, 2.24) is 4.72 Å². The summed E-state index contributed by atoms with van der Waals surface area (Å²) in [6.45, 7) is 16.9. The lowest BCUT2D eigenvalue weighted by Crippen LogP contribution is -2.35. The highest BCUT2D eigenvalue weighted by Crippen LogP contribution is 2.22. The lowest BCUT2D eigenvalue weighted by Gasteiger charge is -2.24. The van der Waals surface area contributed by atoms with Gasteiger partial charge in [0.2, 0.25) is 0 Å². The van der Waals surface area contributed by atoms with Crippen LogP contribution in [0.4, 0.5) is 5.69 Å². The number of nitriles is 1. The predicted molar refractivity (Wildman–Crippen MR) is 121 cm³/mol. The van der Waals surface area contributed by atoms with Crippen LogP contribution in [0.3, 0.4) is 0 Å². The number of hydrogen-bond acceptors (Lipinski definition) is 5. The Morgan fingerprint density at radius 2 is 1.74 bits per heavy atom. The van der Waals surface area contributed by atoms with Crippen LogP contribution in [0, 0.1) is 17.2 Å². The van der Waals surface area contributed by atoms with Gasteiger partial charge in [-0.05, 0) is 75.8 Å². The first-order valence-electron chi connectivity index (χ1n) is 9.70. The van der Waals surface area contributed by atoms with Gasteiger partial charge in [0, 0.05) is 30.9 Å². The topological polar surface area (TPSA) is 59.3 Å². The number of aliphatic hydroxyl groups is 1. The summed E-state index contributed by atoms with van der Waals surface area (Å²) in [5.41, 5.74) is 1.98. The summed E-state index contributed by atoms with van der Waals surface area (Å²) in [5, 5.41) is 18.3. The molecule has 0 fully saturated rings. The molecular formula is C22H37N3OS. The summed E-state index contributed by atoms with van der Waals surface area (Å²) in [4.78, 5) is 2.89. The molecule has 0 bridgehead atoms. The Morgan fingerprint density at radius 3 is 2.15 bits per heavy atom. The van der Waals surface area contributed by atoms with Crippen LogP contribution in [0.5, 0.6) is 0 Å². The molecule has 0 saturated heterocycles. The molecule has 0 heterocycles. The van der Waals surface area contributed by atoms with E-state index in [2.05, 4.69) is 62.4 Å². The molecule has 0 atom stereocenters. The van der Waals surface area contributed by atoms with Crippen LogP contribution in [-0.2, 0) is 0 Å². The number of nitrogens with one attached hydrogen (secondary N) is 1. The van der Waals surface area contributed by atoms with Crippen LogP contribution >= 0.6 is 11.9 Å². The van der Waals surface area contributed by atoms with Gasteiger partial charge < -0.3 is 10.0 Å². The largest absolute Gasteiger partial charge is 0.396 e. The Bertz CT molecular complexity index is 582. The van der Waals surface area contributed by atoms with Crippen LogP contribution in [0.25, 0.3) is 6.08 Å². The molecule has 1 rings (SSSR count). The zero-order chi connectivity index (χ0) is 20.9. The monoisotopic (exact) mass is 391 g/mol. The van der Waals surface area contributed by atoms with Crippen molar-refractivity contribution >= 4 is 23.7 Å². The van der Waals surface area contributed by atoms with Crippen molar-refractivity contribution in [2.24, 2.45) is 5.92 Å². The number of benzene rings is 1. The Kier molecular flexibility index (Phi) is 12.9. The molecule has 152 valence electrons. The van der Waals surface area contributed by atoms with Gasteiger partial charge in [0.05, 0.1) is 0 Å². The molecule has 0 aliphatic rings. The summed E-state index contributed by atoms with van der Waals surface area (Å²) in [5.74, 6) is 0.833. The van der Waals surface area contributed by atoms with Crippen LogP contribution in [0.1, 0.15) is 60.5 Å². The smallest absolute Gasteiger partial charge is 0.107 e. The standard InChI is InChI=1S/C18H27N3OS.C4H10/c1-5-21(6-2)16-9-7-15(8-10-16)13-17(14-19)23-20-18(3,4)11-12-22;1-4(2)3/h7-10,13,20,22H,5-6,11-12H2,1-4H3;4H,1-3H3/b17-13+;. The number of aliphatic hydroxyl groups excluding tert-OH is 1. The second-order valence-electron chi connectivity index (χ2n) is 7.68. The lowest BCUT2D eigenvalue weighted by molar-refractivity contribution is 0.248. The van der Waals surface area contributed by atoms with Crippen molar-refractivity contribution in [1.29, 1.82) is 5.26 Å². The average Bonchev–Trinajstić information content (AvgIpc) is 2.60. The maximum absolute atomic E-state index is 9.30. The molecule has 0 aromatic heterocycles. The van der Waals surface area contributed by atoms with Crippen LogP contribution in [0.15, 0.2) is 29.2 Å². The third-order valence-corrected chi connectivity index (χ3v) is 4.69. The molecule has 0 amide bonds. The molecular weight excluding hydrogens is 354 g/mol. The molecule has 5 heteroatoms. The number of hydrogen-bond donors (Lipinski definition) is 2. The van der Waals surface area contributed by atoms with Gasteiger partial charge in [0.25, 0.3) is 0 Å². The summed E-state index contributed by atoms with van der Waals surface area (Å²) >= 11 is 1.31. The zero-order valence-electron chi connectivity index (χ0n) is 18.0. The van der Waals surface area contributed by atoms with Gasteiger partial charge >= 0.3 is 0 Å². The van der Waals surface area contributed by atoms with Crippen molar-refractivity contribution in [2.45, 2.75) is 60.4 Å². The molecule has 2 N–H and O–H groups in total. The third-order valence-electron chi connectivity index (χ3n) is 3.60. The van der Waals surface area contributed by atoms with E-state index in [1.54, 1.807) is 0 Å². The second kappa shape index (κ2) is 13.7. The first kappa shape index (κ1) is 25.5. The second-order valence-corrected chi connectivity index (χ2v) is 8.53. The van der Waals surface area contributed by atoms with E-state index in [1.165, 1.54) is 17.6 Å². The quantitative estimate of drug-likeness (QED) is 0.432. The highest BCUT2D eigenvalue weighted by molar-refractivity contribution is 8.01. The molecule has 0 aliphatic heterocycles. The highest BCUT2D eigenvalue weighted by Gasteiger charge is 2.17. The van der Waals surface area contributed by atoms with E-state index in [0.29, 0.717) is 11.3 Å².